The third-order valence-corrected chi connectivity index (χ3v) is 4.24. The smallest absolute Gasteiger partial charge is 0.0940 e. The molecule has 1 atom stereocenters. The molecule has 1 saturated heterocycles. The highest BCUT2D eigenvalue weighted by molar-refractivity contribution is 9.10. The molecule has 0 bridgehead atoms. The van der Waals surface area contributed by atoms with Gasteiger partial charge in [0.15, 0.2) is 0 Å². The maximum Gasteiger partial charge on any atom is 0.0940 e. The SMILES string of the molecule is Cc1nn(C)c(COCC2CNCC(C)(C)O2)c1Br. The first-order valence-electron chi connectivity index (χ1n) is 6.53. The van der Waals surface area contributed by atoms with Gasteiger partial charge in [0.1, 0.15) is 0 Å². The van der Waals surface area contributed by atoms with Crippen LogP contribution in [0.5, 0.6) is 0 Å². The van der Waals surface area contributed by atoms with E-state index in [9.17, 15) is 0 Å². The molecule has 19 heavy (non-hydrogen) atoms. The Hall–Kier alpha value is -0.430. The van der Waals surface area contributed by atoms with Crippen LogP contribution in [0.4, 0.5) is 0 Å². The lowest BCUT2D eigenvalue weighted by Gasteiger charge is -2.36. The van der Waals surface area contributed by atoms with Crippen molar-refractivity contribution >= 4 is 15.9 Å². The second-order valence-corrected chi connectivity index (χ2v) is 6.41. The van der Waals surface area contributed by atoms with Gasteiger partial charge in [-0.3, -0.25) is 4.68 Å². The fourth-order valence-electron chi connectivity index (χ4n) is 2.29. The molecule has 1 aliphatic rings. The maximum atomic E-state index is 5.96. The molecule has 2 rings (SSSR count). The summed E-state index contributed by atoms with van der Waals surface area (Å²) in [5, 5.41) is 7.71. The van der Waals surface area contributed by atoms with E-state index in [4.69, 9.17) is 9.47 Å². The van der Waals surface area contributed by atoms with Crippen molar-refractivity contribution in [3.05, 3.63) is 15.9 Å². The van der Waals surface area contributed by atoms with E-state index < -0.39 is 0 Å². The number of rotatable bonds is 4. The van der Waals surface area contributed by atoms with Gasteiger partial charge < -0.3 is 14.8 Å². The molecule has 108 valence electrons. The minimum atomic E-state index is -0.115. The number of nitrogens with zero attached hydrogens (tertiary/aromatic N) is 2. The number of ether oxygens (including phenoxy) is 2. The van der Waals surface area contributed by atoms with Crippen molar-refractivity contribution in [2.45, 2.75) is 39.1 Å². The van der Waals surface area contributed by atoms with E-state index in [0.29, 0.717) is 13.2 Å². The van der Waals surface area contributed by atoms with Crippen LogP contribution in [-0.2, 0) is 23.1 Å². The number of aromatic nitrogens is 2. The van der Waals surface area contributed by atoms with Gasteiger partial charge in [-0.1, -0.05) is 0 Å². The van der Waals surface area contributed by atoms with Gasteiger partial charge in [-0.2, -0.15) is 5.10 Å². The minimum absolute atomic E-state index is 0.108. The summed E-state index contributed by atoms with van der Waals surface area (Å²) in [6, 6.07) is 0. The molecule has 1 aromatic heterocycles. The molecule has 1 N–H and O–H groups in total. The Morgan fingerprint density at radius 2 is 2.32 bits per heavy atom. The third-order valence-electron chi connectivity index (χ3n) is 3.21. The molecule has 1 unspecified atom stereocenters. The van der Waals surface area contributed by atoms with Crippen LogP contribution in [0.15, 0.2) is 4.47 Å². The fraction of sp³-hybridized carbons (Fsp3) is 0.769. The van der Waals surface area contributed by atoms with Crippen molar-refractivity contribution in [2.24, 2.45) is 7.05 Å². The number of nitrogens with one attached hydrogen (secondary N) is 1. The van der Waals surface area contributed by atoms with Crippen LogP contribution in [0, 0.1) is 6.92 Å². The molecular formula is C13H22BrN3O2. The van der Waals surface area contributed by atoms with Crippen molar-refractivity contribution < 1.29 is 9.47 Å². The maximum absolute atomic E-state index is 5.96. The average molecular weight is 332 g/mol. The highest BCUT2D eigenvalue weighted by atomic mass is 79.9. The predicted octanol–water partition coefficient (Wildman–Crippen LogP) is 1.77. The van der Waals surface area contributed by atoms with Crippen LogP contribution in [0.3, 0.4) is 0 Å². The first-order chi connectivity index (χ1) is 8.89. The average Bonchev–Trinajstić information content (AvgIpc) is 2.54. The molecule has 0 aliphatic carbocycles. The number of hydrogen-bond acceptors (Lipinski definition) is 4. The van der Waals surface area contributed by atoms with Crippen molar-refractivity contribution in [3.8, 4) is 0 Å². The van der Waals surface area contributed by atoms with E-state index in [0.717, 1.165) is 29.0 Å². The molecule has 0 aromatic carbocycles. The largest absolute Gasteiger partial charge is 0.372 e. The van der Waals surface area contributed by atoms with Gasteiger partial charge >= 0.3 is 0 Å². The van der Waals surface area contributed by atoms with E-state index >= 15 is 0 Å². The number of halogens is 1. The lowest BCUT2D eigenvalue weighted by atomic mass is 10.1. The first kappa shape index (κ1) is 15.0. The van der Waals surface area contributed by atoms with Gasteiger partial charge in [0.2, 0.25) is 0 Å². The summed E-state index contributed by atoms with van der Waals surface area (Å²) < 4.78 is 14.6. The van der Waals surface area contributed by atoms with Gasteiger partial charge in [0.25, 0.3) is 0 Å². The topological polar surface area (TPSA) is 48.3 Å². The Balaban J connectivity index is 1.83. The van der Waals surface area contributed by atoms with Crippen LogP contribution in [-0.4, -0.2) is 41.2 Å². The van der Waals surface area contributed by atoms with Crippen LogP contribution < -0.4 is 5.32 Å². The molecule has 1 aromatic rings. The Kier molecular flexibility index (Phi) is 4.66. The summed E-state index contributed by atoms with van der Waals surface area (Å²) in [6.07, 6.45) is 0.108. The lowest BCUT2D eigenvalue weighted by molar-refractivity contribution is -0.122. The van der Waals surface area contributed by atoms with Gasteiger partial charge in [-0.25, -0.2) is 0 Å². The summed E-state index contributed by atoms with van der Waals surface area (Å²) >= 11 is 3.54. The molecule has 5 nitrogen and oxygen atoms in total. The van der Waals surface area contributed by atoms with Crippen molar-refractivity contribution in [1.82, 2.24) is 15.1 Å². The van der Waals surface area contributed by atoms with E-state index in [1.54, 1.807) is 0 Å². The molecular weight excluding hydrogens is 310 g/mol. The Labute approximate surface area is 122 Å². The second kappa shape index (κ2) is 5.91. The second-order valence-electron chi connectivity index (χ2n) is 5.62. The van der Waals surface area contributed by atoms with E-state index in [1.807, 2.05) is 18.7 Å². The summed E-state index contributed by atoms with van der Waals surface area (Å²) in [6.45, 7) is 9.01. The molecule has 1 fully saturated rings. The molecule has 6 heteroatoms. The summed E-state index contributed by atoms with van der Waals surface area (Å²) in [5.41, 5.74) is 1.93. The zero-order chi connectivity index (χ0) is 14.0. The standard InChI is InChI=1S/C13H22BrN3O2/c1-9-12(14)11(17(4)16-9)7-18-6-10-5-15-8-13(2,3)19-10/h10,15H,5-8H2,1-4H3. The monoisotopic (exact) mass is 331 g/mol. The van der Waals surface area contributed by atoms with Crippen molar-refractivity contribution in [2.75, 3.05) is 19.7 Å². The van der Waals surface area contributed by atoms with Crippen LogP contribution in [0.1, 0.15) is 25.2 Å². The highest BCUT2D eigenvalue weighted by Crippen LogP contribution is 2.21. The molecule has 0 radical (unpaired) electrons. The molecule has 2 heterocycles. The summed E-state index contributed by atoms with van der Waals surface area (Å²) in [5.74, 6) is 0. The Bertz CT molecular complexity index is 445. The zero-order valence-electron chi connectivity index (χ0n) is 12.0. The number of aryl methyl sites for hydroxylation is 2. The zero-order valence-corrected chi connectivity index (χ0v) is 13.6. The van der Waals surface area contributed by atoms with Gasteiger partial charge in [0.05, 0.1) is 40.8 Å². The third kappa shape index (κ3) is 3.78. The fourth-order valence-corrected chi connectivity index (χ4v) is 2.74. The molecule has 0 spiro atoms. The molecule has 0 saturated carbocycles. The number of hydrogen-bond donors (Lipinski definition) is 1. The summed E-state index contributed by atoms with van der Waals surface area (Å²) in [4.78, 5) is 0. The highest BCUT2D eigenvalue weighted by Gasteiger charge is 2.28. The first-order valence-corrected chi connectivity index (χ1v) is 7.32. The lowest BCUT2D eigenvalue weighted by Crippen LogP contribution is -2.51. The minimum Gasteiger partial charge on any atom is -0.372 e. The van der Waals surface area contributed by atoms with Crippen LogP contribution in [0.2, 0.25) is 0 Å². The quantitative estimate of drug-likeness (QED) is 0.913. The van der Waals surface area contributed by atoms with Crippen LogP contribution >= 0.6 is 15.9 Å². The molecule has 0 amide bonds. The summed E-state index contributed by atoms with van der Waals surface area (Å²) in [7, 11) is 1.93. The number of morpholine rings is 1. The van der Waals surface area contributed by atoms with E-state index in [2.05, 4.69) is 40.2 Å². The van der Waals surface area contributed by atoms with Crippen molar-refractivity contribution in [1.29, 1.82) is 0 Å². The van der Waals surface area contributed by atoms with Gasteiger partial charge in [-0.15, -0.1) is 0 Å². The van der Waals surface area contributed by atoms with Crippen molar-refractivity contribution in [3.63, 3.8) is 0 Å². The van der Waals surface area contributed by atoms with Gasteiger partial charge in [-0.05, 0) is 36.7 Å². The van der Waals surface area contributed by atoms with Crippen LogP contribution in [0.25, 0.3) is 0 Å². The van der Waals surface area contributed by atoms with E-state index in [1.165, 1.54) is 0 Å². The van der Waals surface area contributed by atoms with E-state index in [-0.39, 0.29) is 11.7 Å². The normalized spacial score (nSPS) is 22.7. The Morgan fingerprint density at radius 3 is 2.89 bits per heavy atom. The van der Waals surface area contributed by atoms with Gasteiger partial charge in [0, 0.05) is 20.1 Å². The Morgan fingerprint density at radius 1 is 1.58 bits per heavy atom. The predicted molar refractivity (Wildman–Crippen MR) is 77.1 cm³/mol. The molecule has 1 aliphatic heterocycles.